The Morgan fingerprint density at radius 2 is 2.12 bits per heavy atom. The molecule has 1 rings (SSSR count). The van der Waals surface area contributed by atoms with Crippen molar-refractivity contribution in [1.29, 1.82) is 0 Å². The molecule has 0 radical (unpaired) electrons. The zero-order valence-electron chi connectivity index (χ0n) is 9.85. The van der Waals surface area contributed by atoms with Crippen LogP contribution in [0, 0.1) is 13.8 Å². The number of amides is 1. The molecular formula is C13H18ClNO. The molecular weight excluding hydrogens is 222 g/mol. The first-order chi connectivity index (χ1) is 7.63. The molecule has 1 amide bonds. The summed E-state index contributed by atoms with van der Waals surface area (Å²) in [6, 6.07) is 6.26. The largest absolute Gasteiger partial charge is 0.352 e. The SMILES string of the molecule is Cc1ccc(C)c(CNC(=O)CCCCl)c1. The second-order valence-corrected chi connectivity index (χ2v) is 4.38. The highest BCUT2D eigenvalue weighted by Gasteiger charge is 2.02. The fraction of sp³-hybridized carbons (Fsp3) is 0.462. The lowest BCUT2D eigenvalue weighted by atomic mass is 10.1. The molecule has 0 unspecified atom stereocenters. The molecule has 0 aliphatic carbocycles. The van der Waals surface area contributed by atoms with Gasteiger partial charge in [-0.2, -0.15) is 0 Å². The van der Waals surface area contributed by atoms with Gasteiger partial charge in [0.1, 0.15) is 0 Å². The van der Waals surface area contributed by atoms with Gasteiger partial charge in [0, 0.05) is 18.8 Å². The van der Waals surface area contributed by atoms with Crippen LogP contribution in [0.3, 0.4) is 0 Å². The molecule has 0 fully saturated rings. The van der Waals surface area contributed by atoms with Crippen LogP contribution in [0.2, 0.25) is 0 Å². The zero-order chi connectivity index (χ0) is 12.0. The number of nitrogens with one attached hydrogen (secondary N) is 1. The fourth-order valence-corrected chi connectivity index (χ4v) is 1.63. The van der Waals surface area contributed by atoms with Gasteiger partial charge in [-0.15, -0.1) is 11.6 Å². The normalized spacial score (nSPS) is 10.2. The summed E-state index contributed by atoms with van der Waals surface area (Å²) in [5.41, 5.74) is 3.61. The first kappa shape index (κ1) is 13.0. The summed E-state index contributed by atoms with van der Waals surface area (Å²) in [7, 11) is 0. The first-order valence-corrected chi connectivity index (χ1v) is 6.05. The van der Waals surface area contributed by atoms with E-state index in [1.807, 2.05) is 0 Å². The Bertz CT molecular complexity index is 363. The predicted molar refractivity (Wildman–Crippen MR) is 67.7 cm³/mol. The zero-order valence-corrected chi connectivity index (χ0v) is 10.6. The molecule has 0 bridgehead atoms. The highest BCUT2D eigenvalue weighted by atomic mass is 35.5. The van der Waals surface area contributed by atoms with Crippen molar-refractivity contribution in [3.05, 3.63) is 34.9 Å². The number of aryl methyl sites for hydroxylation is 2. The second kappa shape index (κ2) is 6.54. The third kappa shape index (κ3) is 4.23. The molecule has 0 aliphatic rings. The van der Waals surface area contributed by atoms with Gasteiger partial charge in [-0.3, -0.25) is 4.79 Å². The summed E-state index contributed by atoms with van der Waals surface area (Å²) in [5, 5.41) is 2.90. The summed E-state index contributed by atoms with van der Waals surface area (Å²) in [4.78, 5) is 11.4. The molecule has 0 saturated carbocycles. The van der Waals surface area contributed by atoms with Crippen LogP contribution < -0.4 is 5.32 Å². The molecule has 2 nitrogen and oxygen atoms in total. The van der Waals surface area contributed by atoms with Crippen LogP contribution in [0.5, 0.6) is 0 Å². The lowest BCUT2D eigenvalue weighted by Gasteiger charge is -2.08. The Morgan fingerprint density at radius 3 is 2.81 bits per heavy atom. The van der Waals surface area contributed by atoms with Crippen molar-refractivity contribution in [2.45, 2.75) is 33.2 Å². The monoisotopic (exact) mass is 239 g/mol. The van der Waals surface area contributed by atoms with Crippen LogP contribution in [-0.4, -0.2) is 11.8 Å². The molecule has 1 aromatic rings. The molecule has 1 aromatic carbocycles. The first-order valence-electron chi connectivity index (χ1n) is 5.52. The van der Waals surface area contributed by atoms with E-state index in [4.69, 9.17) is 11.6 Å². The van der Waals surface area contributed by atoms with E-state index in [-0.39, 0.29) is 5.91 Å². The van der Waals surface area contributed by atoms with Crippen molar-refractivity contribution in [2.75, 3.05) is 5.88 Å². The van der Waals surface area contributed by atoms with E-state index in [0.717, 1.165) is 6.42 Å². The van der Waals surface area contributed by atoms with E-state index >= 15 is 0 Å². The number of benzene rings is 1. The Balaban J connectivity index is 2.47. The summed E-state index contributed by atoms with van der Waals surface area (Å²) < 4.78 is 0. The van der Waals surface area contributed by atoms with Gasteiger partial charge < -0.3 is 5.32 Å². The minimum atomic E-state index is 0.0709. The smallest absolute Gasteiger partial charge is 0.220 e. The van der Waals surface area contributed by atoms with Crippen molar-refractivity contribution in [3.63, 3.8) is 0 Å². The number of halogens is 1. The van der Waals surface area contributed by atoms with Gasteiger partial charge >= 0.3 is 0 Å². The van der Waals surface area contributed by atoms with Crippen LogP contribution in [0.4, 0.5) is 0 Å². The standard InChI is InChI=1S/C13H18ClNO/c1-10-5-6-11(2)12(8-10)9-15-13(16)4-3-7-14/h5-6,8H,3-4,7,9H2,1-2H3,(H,15,16). The lowest BCUT2D eigenvalue weighted by molar-refractivity contribution is -0.121. The lowest BCUT2D eigenvalue weighted by Crippen LogP contribution is -2.22. The minimum absolute atomic E-state index is 0.0709. The summed E-state index contributed by atoms with van der Waals surface area (Å²) >= 11 is 5.53. The maximum Gasteiger partial charge on any atom is 0.220 e. The van der Waals surface area contributed by atoms with Crippen LogP contribution in [0.25, 0.3) is 0 Å². The highest BCUT2D eigenvalue weighted by molar-refractivity contribution is 6.17. The van der Waals surface area contributed by atoms with Crippen molar-refractivity contribution >= 4 is 17.5 Å². The van der Waals surface area contributed by atoms with E-state index < -0.39 is 0 Å². The van der Waals surface area contributed by atoms with Crippen molar-refractivity contribution < 1.29 is 4.79 Å². The van der Waals surface area contributed by atoms with Crippen LogP contribution in [0.15, 0.2) is 18.2 Å². The third-order valence-corrected chi connectivity index (χ3v) is 2.79. The van der Waals surface area contributed by atoms with E-state index in [1.165, 1.54) is 16.7 Å². The molecule has 0 spiro atoms. The summed E-state index contributed by atoms with van der Waals surface area (Å²) in [6.07, 6.45) is 1.24. The summed E-state index contributed by atoms with van der Waals surface area (Å²) in [5.74, 6) is 0.609. The van der Waals surface area contributed by atoms with Gasteiger partial charge in [0.15, 0.2) is 0 Å². The average Bonchev–Trinajstić information content (AvgIpc) is 2.27. The molecule has 1 N–H and O–H groups in total. The van der Waals surface area contributed by atoms with Crippen molar-refractivity contribution in [3.8, 4) is 0 Å². The highest BCUT2D eigenvalue weighted by Crippen LogP contribution is 2.10. The van der Waals surface area contributed by atoms with Crippen LogP contribution >= 0.6 is 11.6 Å². The topological polar surface area (TPSA) is 29.1 Å². The summed E-state index contributed by atoms with van der Waals surface area (Å²) in [6.45, 7) is 4.71. The second-order valence-electron chi connectivity index (χ2n) is 4.00. The van der Waals surface area contributed by atoms with Crippen molar-refractivity contribution in [1.82, 2.24) is 5.32 Å². The van der Waals surface area contributed by atoms with Crippen LogP contribution in [-0.2, 0) is 11.3 Å². The molecule has 88 valence electrons. The fourth-order valence-electron chi connectivity index (χ4n) is 1.50. The Morgan fingerprint density at radius 1 is 1.38 bits per heavy atom. The number of alkyl halides is 1. The minimum Gasteiger partial charge on any atom is -0.352 e. The molecule has 0 saturated heterocycles. The molecule has 0 heterocycles. The number of hydrogen-bond acceptors (Lipinski definition) is 1. The molecule has 16 heavy (non-hydrogen) atoms. The number of rotatable bonds is 5. The molecule has 3 heteroatoms. The van der Waals surface area contributed by atoms with Gasteiger partial charge in [-0.05, 0) is 31.4 Å². The van der Waals surface area contributed by atoms with E-state index in [9.17, 15) is 4.79 Å². The van der Waals surface area contributed by atoms with E-state index in [0.29, 0.717) is 18.8 Å². The molecule has 0 atom stereocenters. The maximum atomic E-state index is 11.4. The predicted octanol–water partition coefficient (Wildman–Crippen LogP) is 2.94. The average molecular weight is 240 g/mol. The van der Waals surface area contributed by atoms with Gasteiger partial charge in [0.2, 0.25) is 5.91 Å². The number of carbonyl (C=O) groups excluding carboxylic acids is 1. The maximum absolute atomic E-state index is 11.4. The number of hydrogen-bond donors (Lipinski definition) is 1. The molecule has 0 aliphatic heterocycles. The Labute approximate surface area is 102 Å². The van der Waals surface area contributed by atoms with Gasteiger partial charge in [-0.1, -0.05) is 23.8 Å². The Kier molecular flexibility index (Phi) is 5.33. The van der Waals surface area contributed by atoms with E-state index in [1.54, 1.807) is 0 Å². The quantitative estimate of drug-likeness (QED) is 0.787. The number of carbonyl (C=O) groups is 1. The third-order valence-electron chi connectivity index (χ3n) is 2.52. The van der Waals surface area contributed by atoms with Crippen molar-refractivity contribution in [2.24, 2.45) is 0 Å². The van der Waals surface area contributed by atoms with Gasteiger partial charge in [0.25, 0.3) is 0 Å². The Hall–Kier alpha value is -1.02. The molecule has 0 aromatic heterocycles. The van der Waals surface area contributed by atoms with Gasteiger partial charge in [0.05, 0.1) is 0 Å². The van der Waals surface area contributed by atoms with E-state index in [2.05, 4.69) is 37.4 Å². The van der Waals surface area contributed by atoms with Gasteiger partial charge in [-0.25, -0.2) is 0 Å². The van der Waals surface area contributed by atoms with Crippen LogP contribution in [0.1, 0.15) is 29.5 Å².